The van der Waals surface area contributed by atoms with Crippen LogP contribution in [0.5, 0.6) is 0 Å². The number of piperidine rings is 1. The lowest BCUT2D eigenvalue weighted by molar-refractivity contribution is 0.203. The first-order chi connectivity index (χ1) is 8.44. The van der Waals surface area contributed by atoms with Gasteiger partial charge in [-0.05, 0) is 38.8 Å². The molecule has 2 rings (SSSR count). The van der Waals surface area contributed by atoms with Gasteiger partial charge in [-0.2, -0.15) is 4.31 Å². The number of sulfonamides is 1. The molecule has 0 N–H and O–H groups in total. The van der Waals surface area contributed by atoms with Crippen LogP contribution in [0.1, 0.15) is 33.1 Å². The van der Waals surface area contributed by atoms with E-state index in [0.29, 0.717) is 0 Å². The summed E-state index contributed by atoms with van der Waals surface area (Å²) in [6.07, 6.45) is 3.91. The van der Waals surface area contributed by atoms with E-state index in [2.05, 4.69) is 4.98 Å². The van der Waals surface area contributed by atoms with E-state index in [1.54, 1.807) is 0 Å². The molecule has 6 heteroatoms. The van der Waals surface area contributed by atoms with Crippen LogP contribution in [0.25, 0.3) is 0 Å². The van der Waals surface area contributed by atoms with Gasteiger partial charge in [-0.1, -0.05) is 6.42 Å². The van der Waals surface area contributed by atoms with Crippen LogP contribution in [0, 0.1) is 5.82 Å². The Morgan fingerprint density at radius 2 is 1.94 bits per heavy atom. The number of aromatic nitrogens is 1. The van der Waals surface area contributed by atoms with E-state index >= 15 is 0 Å². The molecule has 1 aromatic rings. The first kappa shape index (κ1) is 13.4. The quantitative estimate of drug-likeness (QED) is 0.829. The molecule has 1 fully saturated rings. The monoisotopic (exact) mass is 272 g/mol. The second-order valence-corrected chi connectivity index (χ2v) is 6.51. The third-order valence-electron chi connectivity index (χ3n) is 3.36. The number of hydrogen-bond donors (Lipinski definition) is 0. The summed E-state index contributed by atoms with van der Waals surface area (Å²) in [5.41, 5.74) is 0. The van der Waals surface area contributed by atoms with Gasteiger partial charge in [0.25, 0.3) is 10.0 Å². The van der Waals surface area contributed by atoms with E-state index in [4.69, 9.17) is 0 Å². The summed E-state index contributed by atoms with van der Waals surface area (Å²) in [6, 6.07) is 2.29. The molecule has 2 unspecified atom stereocenters. The zero-order valence-corrected chi connectivity index (χ0v) is 11.3. The van der Waals surface area contributed by atoms with Crippen molar-refractivity contribution in [3.8, 4) is 0 Å². The van der Waals surface area contributed by atoms with Gasteiger partial charge >= 0.3 is 0 Å². The Hall–Kier alpha value is -1.01. The summed E-state index contributed by atoms with van der Waals surface area (Å²) in [6.45, 7) is 3.71. The molecular formula is C12H17FN2O2S. The second-order valence-electron chi connectivity index (χ2n) is 4.75. The fourth-order valence-corrected chi connectivity index (χ4v) is 4.40. The maximum Gasteiger partial charge on any atom is 0.264 e. The predicted molar refractivity (Wildman–Crippen MR) is 66.0 cm³/mol. The molecule has 1 saturated heterocycles. The van der Waals surface area contributed by atoms with E-state index in [9.17, 15) is 12.8 Å². The van der Waals surface area contributed by atoms with Crippen LogP contribution in [-0.4, -0.2) is 29.8 Å². The SMILES string of the molecule is CC1CCCC(C)N1S(=O)(=O)c1ncccc1F. The van der Waals surface area contributed by atoms with Gasteiger partial charge in [-0.25, -0.2) is 17.8 Å². The third kappa shape index (κ3) is 2.27. The lowest BCUT2D eigenvalue weighted by atomic mass is 10.0. The van der Waals surface area contributed by atoms with E-state index < -0.39 is 20.9 Å². The molecule has 0 amide bonds. The Balaban J connectivity index is 2.45. The Bertz CT molecular complexity index is 523. The van der Waals surface area contributed by atoms with Crippen molar-refractivity contribution < 1.29 is 12.8 Å². The number of halogens is 1. The topological polar surface area (TPSA) is 50.3 Å². The Morgan fingerprint density at radius 1 is 1.33 bits per heavy atom. The standard InChI is InChI=1S/C12H17FN2O2S/c1-9-5-3-6-10(2)15(9)18(16,17)12-11(13)7-4-8-14-12/h4,7-10H,3,5-6H2,1-2H3. The first-order valence-electron chi connectivity index (χ1n) is 6.08. The van der Waals surface area contributed by atoms with Gasteiger partial charge < -0.3 is 0 Å². The van der Waals surface area contributed by atoms with Crippen molar-refractivity contribution >= 4 is 10.0 Å². The van der Waals surface area contributed by atoms with Crippen molar-refractivity contribution in [1.82, 2.24) is 9.29 Å². The molecule has 1 aliphatic rings. The molecule has 0 bridgehead atoms. The molecule has 2 atom stereocenters. The van der Waals surface area contributed by atoms with Gasteiger partial charge in [0.15, 0.2) is 5.82 Å². The van der Waals surface area contributed by atoms with Gasteiger partial charge in [0.2, 0.25) is 5.03 Å². The van der Waals surface area contributed by atoms with Gasteiger partial charge in [0, 0.05) is 18.3 Å². The summed E-state index contributed by atoms with van der Waals surface area (Å²) in [5, 5.41) is -0.467. The van der Waals surface area contributed by atoms with Gasteiger partial charge in [-0.15, -0.1) is 0 Å². The number of pyridine rings is 1. The summed E-state index contributed by atoms with van der Waals surface area (Å²) >= 11 is 0. The molecule has 18 heavy (non-hydrogen) atoms. The van der Waals surface area contributed by atoms with E-state index in [1.807, 2.05) is 13.8 Å². The van der Waals surface area contributed by atoms with Crippen LogP contribution >= 0.6 is 0 Å². The minimum absolute atomic E-state index is 0.111. The molecule has 1 aliphatic heterocycles. The van der Waals surface area contributed by atoms with E-state index in [-0.39, 0.29) is 12.1 Å². The van der Waals surface area contributed by atoms with Crippen molar-refractivity contribution in [2.75, 3.05) is 0 Å². The Kier molecular flexibility index (Phi) is 3.68. The van der Waals surface area contributed by atoms with Crippen LogP contribution in [0.2, 0.25) is 0 Å². The van der Waals surface area contributed by atoms with Gasteiger partial charge in [-0.3, -0.25) is 0 Å². The molecule has 1 aromatic heterocycles. The first-order valence-corrected chi connectivity index (χ1v) is 7.52. The Morgan fingerprint density at radius 3 is 2.50 bits per heavy atom. The van der Waals surface area contributed by atoms with Gasteiger partial charge in [0.05, 0.1) is 0 Å². The van der Waals surface area contributed by atoms with Crippen molar-refractivity contribution in [3.63, 3.8) is 0 Å². The van der Waals surface area contributed by atoms with Crippen LogP contribution in [-0.2, 0) is 10.0 Å². The zero-order valence-electron chi connectivity index (χ0n) is 10.5. The summed E-state index contributed by atoms with van der Waals surface area (Å²) in [7, 11) is -3.84. The van der Waals surface area contributed by atoms with Crippen LogP contribution in [0.4, 0.5) is 4.39 Å². The second kappa shape index (κ2) is 4.93. The highest BCUT2D eigenvalue weighted by molar-refractivity contribution is 7.89. The highest BCUT2D eigenvalue weighted by atomic mass is 32.2. The van der Waals surface area contributed by atoms with Crippen LogP contribution in [0.3, 0.4) is 0 Å². The molecule has 2 heterocycles. The normalized spacial score (nSPS) is 26.2. The number of hydrogen-bond acceptors (Lipinski definition) is 3. The van der Waals surface area contributed by atoms with Crippen molar-refractivity contribution in [3.05, 3.63) is 24.1 Å². The molecule has 0 aliphatic carbocycles. The van der Waals surface area contributed by atoms with Crippen molar-refractivity contribution in [2.45, 2.75) is 50.2 Å². The fraction of sp³-hybridized carbons (Fsp3) is 0.583. The van der Waals surface area contributed by atoms with E-state index in [0.717, 1.165) is 25.3 Å². The minimum atomic E-state index is -3.84. The lowest BCUT2D eigenvalue weighted by Gasteiger charge is -2.37. The van der Waals surface area contributed by atoms with E-state index in [1.165, 1.54) is 16.6 Å². The summed E-state index contributed by atoms with van der Waals surface area (Å²) < 4.78 is 39.9. The van der Waals surface area contributed by atoms with Crippen molar-refractivity contribution in [1.29, 1.82) is 0 Å². The summed E-state index contributed by atoms with van der Waals surface area (Å²) in [5.74, 6) is -0.789. The highest BCUT2D eigenvalue weighted by Gasteiger charge is 2.37. The molecule has 0 saturated carbocycles. The van der Waals surface area contributed by atoms with Gasteiger partial charge in [0.1, 0.15) is 0 Å². The highest BCUT2D eigenvalue weighted by Crippen LogP contribution is 2.29. The minimum Gasteiger partial charge on any atom is -0.241 e. The fourth-order valence-electron chi connectivity index (χ4n) is 2.53. The average molecular weight is 272 g/mol. The third-order valence-corrected chi connectivity index (χ3v) is 5.42. The average Bonchev–Trinajstić information content (AvgIpc) is 2.28. The molecule has 4 nitrogen and oxygen atoms in total. The smallest absolute Gasteiger partial charge is 0.241 e. The zero-order chi connectivity index (χ0) is 13.3. The molecule has 0 spiro atoms. The molecule has 0 radical (unpaired) electrons. The molecule has 0 aromatic carbocycles. The molecular weight excluding hydrogens is 255 g/mol. The maximum atomic E-state index is 13.6. The number of rotatable bonds is 2. The lowest BCUT2D eigenvalue weighted by Crippen LogP contribution is -2.47. The van der Waals surface area contributed by atoms with Crippen LogP contribution in [0.15, 0.2) is 23.4 Å². The van der Waals surface area contributed by atoms with Crippen molar-refractivity contribution in [2.24, 2.45) is 0 Å². The predicted octanol–water partition coefficient (Wildman–Crippen LogP) is 2.17. The molecule has 100 valence electrons. The largest absolute Gasteiger partial charge is 0.264 e. The maximum absolute atomic E-state index is 13.6. The van der Waals surface area contributed by atoms with Crippen LogP contribution < -0.4 is 0 Å². The summed E-state index contributed by atoms with van der Waals surface area (Å²) in [4.78, 5) is 3.69. The number of nitrogens with zero attached hydrogens (tertiary/aromatic N) is 2. The Labute approximate surface area is 107 Å².